The second-order valence-electron chi connectivity index (χ2n) is 7.44. The fourth-order valence-electron chi connectivity index (χ4n) is 3.66. The van der Waals surface area contributed by atoms with Crippen LogP contribution in [0, 0.1) is 11.8 Å². The highest BCUT2D eigenvalue weighted by Crippen LogP contribution is 2.31. The van der Waals surface area contributed by atoms with Crippen LogP contribution in [-0.2, 0) is 6.54 Å². The molecule has 0 saturated heterocycles. The van der Waals surface area contributed by atoms with E-state index in [-0.39, 0.29) is 0 Å². The summed E-state index contributed by atoms with van der Waals surface area (Å²) < 4.78 is 0. The van der Waals surface area contributed by atoms with Crippen molar-refractivity contribution < 1.29 is 0 Å². The Morgan fingerprint density at radius 2 is 2.05 bits per heavy atom. The summed E-state index contributed by atoms with van der Waals surface area (Å²) in [5.41, 5.74) is 2.68. The maximum Gasteiger partial charge on any atom is 0.0345 e. The minimum absolute atomic E-state index is 0.664. The number of anilines is 1. The average molecular weight is 288 g/mol. The molecule has 1 aromatic carbocycles. The summed E-state index contributed by atoms with van der Waals surface area (Å²) in [6.45, 7) is 5.71. The van der Waals surface area contributed by atoms with Crippen LogP contribution in [0.3, 0.4) is 0 Å². The van der Waals surface area contributed by atoms with Crippen LogP contribution in [0.25, 0.3) is 0 Å². The van der Waals surface area contributed by atoms with Crippen molar-refractivity contribution in [3.05, 3.63) is 29.8 Å². The van der Waals surface area contributed by atoms with E-state index in [1.807, 2.05) is 0 Å². The molecule has 1 aliphatic rings. The first-order chi connectivity index (χ1) is 10.0. The summed E-state index contributed by atoms with van der Waals surface area (Å²) in [7, 11) is 4.25. The highest BCUT2D eigenvalue weighted by molar-refractivity contribution is 5.46. The molecule has 2 rings (SSSR count). The molecule has 2 nitrogen and oxygen atoms in total. The van der Waals surface area contributed by atoms with Crippen LogP contribution in [0.4, 0.5) is 5.69 Å². The van der Waals surface area contributed by atoms with E-state index in [1.54, 1.807) is 0 Å². The molecule has 0 radical (unpaired) electrons. The van der Waals surface area contributed by atoms with Gasteiger partial charge in [0.15, 0.2) is 0 Å². The Bertz CT molecular complexity index is 425. The van der Waals surface area contributed by atoms with Crippen LogP contribution >= 0.6 is 0 Å². The third-order valence-corrected chi connectivity index (χ3v) is 4.38. The van der Waals surface area contributed by atoms with Crippen molar-refractivity contribution in [2.45, 2.75) is 58.5 Å². The maximum absolute atomic E-state index is 3.78. The number of benzene rings is 1. The van der Waals surface area contributed by atoms with Gasteiger partial charge in [0.05, 0.1) is 0 Å². The molecule has 1 aliphatic carbocycles. The maximum atomic E-state index is 3.78. The minimum Gasteiger partial charge on any atom is -0.382 e. The van der Waals surface area contributed by atoms with Gasteiger partial charge in [-0.15, -0.1) is 0 Å². The molecule has 1 saturated carbocycles. The molecule has 21 heavy (non-hydrogen) atoms. The predicted octanol–water partition coefficient (Wildman–Crippen LogP) is 4.77. The Hall–Kier alpha value is -1.02. The molecule has 2 heteroatoms. The van der Waals surface area contributed by atoms with E-state index in [2.05, 4.69) is 62.4 Å². The zero-order chi connectivity index (χ0) is 15.2. The van der Waals surface area contributed by atoms with Gasteiger partial charge in [0.25, 0.3) is 0 Å². The molecule has 0 heterocycles. The van der Waals surface area contributed by atoms with Crippen LogP contribution in [0.2, 0.25) is 0 Å². The highest BCUT2D eigenvalue weighted by atomic mass is 15.0. The predicted molar refractivity (Wildman–Crippen MR) is 92.7 cm³/mol. The van der Waals surface area contributed by atoms with Gasteiger partial charge in [-0.25, -0.2) is 0 Å². The molecule has 1 aromatic rings. The summed E-state index contributed by atoms with van der Waals surface area (Å²) in [6, 6.07) is 9.58. The lowest BCUT2D eigenvalue weighted by molar-refractivity contribution is 0.289. The molecule has 2 unspecified atom stereocenters. The quantitative estimate of drug-likeness (QED) is 0.811. The molecule has 1 N–H and O–H groups in total. The molecule has 2 atom stereocenters. The third kappa shape index (κ3) is 5.70. The van der Waals surface area contributed by atoms with Gasteiger partial charge in [-0.1, -0.05) is 38.8 Å². The van der Waals surface area contributed by atoms with E-state index in [9.17, 15) is 0 Å². The topological polar surface area (TPSA) is 15.3 Å². The van der Waals surface area contributed by atoms with Crippen LogP contribution in [0.15, 0.2) is 24.3 Å². The third-order valence-electron chi connectivity index (χ3n) is 4.38. The van der Waals surface area contributed by atoms with E-state index in [4.69, 9.17) is 0 Å². The van der Waals surface area contributed by atoms with Gasteiger partial charge in [0.1, 0.15) is 0 Å². The number of hydrogen-bond donors (Lipinski definition) is 1. The summed E-state index contributed by atoms with van der Waals surface area (Å²) >= 11 is 0. The van der Waals surface area contributed by atoms with Crippen molar-refractivity contribution in [2.75, 3.05) is 19.4 Å². The Kier molecular flexibility index (Phi) is 6.10. The number of hydrogen-bond acceptors (Lipinski definition) is 2. The van der Waals surface area contributed by atoms with Crippen molar-refractivity contribution in [1.82, 2.24) is 4.90 Å². The van der Waals surface area contributed by atoms with Crippen LogP contribution in [0.1, 0.15) is 51.5 Å². The molecule has 1 fully saturated rings. The normalized spacial score (nSPS) is 22.8. The Labute approximate surface area is 130 Å². The van der Waals surface area contributed by atoms with Crippen LogP contribution in [0.5, 0.6) is 0 Å². The van der Waals surface area contributed by atoms with Crippen molar-refractivity contribution in [1.29, 1.82) is 0 Å². The monoisotopic (exact) mass is 288 g/mol. The zero-order valence-electron chi connectivity index (χ0n) is 14.2. The summed E-state index contributed by atoms with van der Waals surface area (Å²) in [5, 5.41) is 3.78. The highest BCUT2D eigenvalue weighted by Gasteiger charge is 2.22. The SMILES string of the molecule is CC(C)CC1CCCC(Nc2cccc(CN(C)C)c2)C1. The summed E-state index contributed by atoms with van der Waals surface area (Å²) in [4.78, 5) is 2.22. The molecular formula is C19H32N2. The lowest BCUT2D eigenvalue weighted by atomic mass is 9.81. The average Bonchev–Trinajstić information content (AvgIpc) is 2.37. The smallest absolute Gasteiger partial charge is 0.0345 e. The number of nitrogens with zero attached hydrogens (tertiary/aromatic N) is 1. The van der Waals surface area contributed by atoms with Gasteiger partial charge >= 0.3 is 0 Å². The van der Waals surface area contributed by atoms with Crippen molar-refractivity contribution in [3.63, 3.8) is 0 Å². The van der Waals surface area contributed by atoms with Gasteiger partial charge in [0, 0.05) is 18.3 Å². The zero-order valence-corrected chi connectivity index (χ0v) is 14.2. The standard InChI is InChI=1S/C19H32N2/c1-15(2)11-16-7-5-9-18(12-16)20-19-10-6-8-17(13-19)14-21(3)4/h6,8,10,13,15-16,18,20H,5,7,9,11-12,14H2,1-4H3. The lowest BCUT2D eigenvalue weighted by Gasteiger charge is -2.31. The minimum atomic E-state index is 0.664. The van der Waals surface area contributed by atoms with Gasteiger partial charge in [0.2, 0.25) is 0 Å². The largest absolute Gasteiger partial charge is 0.382 e. The first-order valence-electron chi connectivity index (χ1n) is 8.53. The first kappa shape index (κ1) is 16.4. The van der Waals surface area contributed by atoms with Crippen molar-refractivity contribution >= 4 is 5.69 Å². The molecule has 0 bridgehead atoms. The Balaban J connectivity index is 1.91. The van der Waals surface area contributed by atoms with E-state index < -0.39 is 0 Å². The summed E-state index contributed by atoms with van der Waals surface area (Å²) in [5.74, 6) is 1.75. The Morgan fingerprint density at radius 3 is 2.76 bits per heavy atom. The van der Waals surface area contributed by atoms with Gasteiger partial charge in [-0.3, -0.25) is 0 Å². The number of nitrogens with one attached hydrogen (secondary N) is 1. The molecular weight excluding hydrogens is 256 g/mol. The van der Waals surface area contributed by atoms with Crippen molar-refractivity contribution in [2.24, 2.45) is 11.8 Å². The number of rotatable bonds is 6. The van der Waals surface area contributed by atoms with E-state index in [0.717, 1.165) is 18.4 Å². The van der Waals surface area contributed by atoms with E-state index >= 15 is 0 Å². The molecule has 0 spiro atoms. The van der Waals surface area contributed by atoms with Crippen molar-refractivity contribution in [3.8, 4) is 0 Å². The molecule has 118 valence electrons. The molecule has 0 aliphatic heterocycles. The Morgan fingerprint density at radius 1 is 1.24 bits per heavy atom. The second kappa shape index (κ2) is 7.84. The molecule has 0 amide bonds. The second-order valence-corrected chi connectivity index (χ2v) is 7.44. The lowest BCUT2D eigenvalue weighted by Crippen LogP contribution is -2.28. The van der Waals surface area contributed by atoms with Gasteiger partial charge in [-0.05, 0) is 62.9 Å². The van der Waals surface area contributed by atoms with Gasteiger partial charge in [-0.2, -0.15) is 0 Å². The fraction of sp³-hybridized carbons (Fsp3) is 0.684. The van der Waals surface area contributed by atoms with Crippen LogP contribution in [-0.4, -0.2) is 25.0 Å². The summed E-state index contributed by atoms with van der Waals surface area (Å²) in [6.07, 6.45) is 6.87. The van der Waals surface area contributed by atoms with E-state index in [1.165, 1.54) is 43.4 Å². The van der Waals surface area contributed by atoms with E-state index in [0.29, 0.717) is 6.04 Å². The fourth-order valence-corrected chi connectivity index (χ4v) is 3.66. The van der Waals surface area contributed by atoms with Crippen LogP contribution < -0.4 is 5.32 Å². The first-order valence-corrected chi connectivity index (χ1v) is 8.53. The molecule has 0 aromatic heterocycles. The van der Waals surface area contributed by atoms with Gasteiger partial charge < -0.3 is 10.2 Å².